The van der Waals surface area contributed by atoms with Gasteiger partial charge in [0.15, 0.2) is 0 Å². The second-order valence-electron chi connectivity index (χ2n) is 4.97. The highest BCUT2D eigenvalue weighted by molar-refractivity contribution is 6.67. The predicted octanol–water partition coefficient (Wildman–Crippen LogP) is 2.93. The Morgan fingerprint density at radius 3 is 1.71 bits per heavy atom. The lowest BCUT2D eigenvalue weighted by molar-refractivity contribution is 0.215. The van der Waals surface area contributed by atoms with E-state index < -0.39 is 8.56 Å². The molecule has 0 unspecified atom stereocenters. The van der Waals surface area contributed by atoms with E-state index in [1.54, 1.807) is 0 Å². The molecule has 0 aliphatic heterocycles. The van der Waals surface area contributed by atoms with Crippen molar-refractivity contribution in [3.05, 3.63) is 0 Å². The molecule has 3 heteroatoms. The maximum Gasteiger partial charge on any atom is 0.338 e. The van der Waals surface area contributed by atoms with E-state index in [1.807, 2.05) is 14.2 Å². The second-order valence-corrected chi connectivity index (χ2v) is 8.42. The van der Waals surface area contributed by atoms with Crippen LogP contribution in [0, 0.1) is 11.8 Å². The molecule has 2 aliphatic rings. The van der Waals surface area contributed by atoms with Crippen LogP contribution in [0.25, 0.3) is 0 Å². The lowest BCUT2D eigenvalue weighted by Crippen LogP contribution is -2.43. The Hall–Kier alpha value is 0.137. The van der Waals surface area contributed by atoms with E-state index >= 15 is 0 Å². The molecule has 0 amide bonds. The molecule has 14 heavy (non-hydrogen) atoms. The van der Waals surface area contributed by atoms with Crippen molar-refractivity contribution >= 4 is 8.56 Å². The van der Waals surface area contributed by atoms with Crippen molar-refractivity contribution in [1.82, 2.24) is 0 Å². The van der Waals surface area contributed by atoms with Crippen LogP contribution in [0.5, 0.6) is 0 Å². The molecule has 0 bridgehead atoms. The van der Waals surface area contributed by atoms with Crippen molar-refractivity contribution in [3.8, 4) is 0 Å². The molecule has 2 fully saturated rings. The molecule has 0 radical (unpaired) electrons. The summed E-state index contributed by atoms with van der Waals surface area (Å²) in [5, 5.41) is 0. The molecule has 0 N–H and O–H groups in total. The van der Waals surface area contributed by atoms with E-state index in [0.29, 0.717) is 0 Å². The van der Waals surface area contributed by atoms with Crippen molar-refractivity contribution < 1.29 is 8.85 Å². The van der Waals surface area contributed by atoms with Crippen LogP contribution < -0.4 is 0 Å². The number of hydrogen-bond donors (Lipinski definition) is 0. The summed E-state index contributed by atoms with van der Waals surface area (Å²) < 4.78 is 11.5. The molecule has 0 atom stereocenters. The van der Waals surface area contributed by atoms with E-state index in [-0.39, 0.29) is 0 Å². The van der Waals surface area contributed by atoms with Crippen molar-refractivity contribution in [3.63, 3.8) is 0 Å². The van der Waals surface area contributed by atoms with Crippen LogP contribution in [-0.2, 0) is 8.85 Å². The van der Waals surface area contributed by atoms with Crippen LogP contribution in [0.15, 0.2) is 0 Å². The zero-order valence-electron chi connectivity index (χ0n) is 9.42. The van der Waals surface area contributed by atoms with Gasteiger partial charge in [0.25, 0.3) is 0 Å². The predicted molar refractivity (Wildman–Crippen MR) is 59.5 cm³/mol. The van der Waals surface area contributed by atoms with Gasteiger partial charge in [0.05, 0.1) is 0 Å². The van der Waals surface area contributed by atoms with Gasteiger partial charge < -0.3 is 8.85 Å². The highest BCUT2D eigenvalue weighted by atomic mass is 28.4. The SMILES string of the molecule is CO[Si](CC1CCC1)(CC1CC1)OC. The fraction of sp³-hybridized carbons (Fsp3) is 1.00. The van der Waals surface area contributed by atoms with Crippen LogP contribution in [0.1, 0.15) is 32.1 Å². The quantitative estimate of drug-likeness (QED) is 0.633. The van der Waals surface area contributed by atoms with Gasteiger partial charge in [0.2, 0.25) is 0 Å². The third-order valence-electron chi connectivity index (χ3n) is 3.87. The Morgan fingerprint density at radius 1 is 0.929 bits per heavy atom. The maximum absolute atomic E-state index is 5.76. The third-order valence-corrected chi connectivity index (χ3v) is 7.75. The van der Waals surface area contributed by atoms with Gasteiger partial charge in [0, 0.05) is 14.2 Å². The van der Waals surface area contributed by atoms with Crippen LogP contribution in [-0.4, -0.2) is 22.8 Å². The van der Waals surface area contributed by atoms with Gasteiger partial charge in [-0.15, -0.1) is 0 Å². The first-order chi connectivity index (χ1) is 6.78. The first-order valence-electron chi connectivity index (χ1n) is 5.88. The molecule has 0 saturated heterocycles. The zero-order valence-corrected chi connectivity index (χ0v) is 10.4. The van der Waals surface area contributed by atoms with Gasteiger partial charge >= 0.3 is 8.56 Å². The largest absolute Gasteiger partial charge is 0.398 e. The summed E-state index contributed by atoms with van der Waals surface area (Å²) in [5.41, 5.74) is 0. The van der Waals surface area contributed by atoms with Crippen LogP contribution >= 0.6 is 0 Å². The lowest BCUT2D eigenvalue weighted by atomic mass is 9.87. The maximum atomic E-state index is 5.76. The first kappa shape index (κ1) is 10.6. The van der Waals surface area contributed by atoms with E-state index in [4.69, 9.17) is 8.85 Å². The minimum Gasteiger partial charge on any atom is -0.398 e. The summed E-state index contributed by atoms with van der Waals surface area (Å²) in [5.74, 6) is 1.85. The lowest BCUT2D eigenvalue weighted by Gasteiger charge is -2.35. The second kappa shape index (κ2) is 4.33. The topological polar surface area (TPSA) is 18.5 Å². The molecule has 2 aliphatic carbocycles. The van der Waals surface area contributed by atoms with Gasteiger partial charge in [-0.1, -0.05) is 32.1 Å². The van der Waals surface area contributed by atoms with Crippen LogP contribution in [0.4, 0.5) is 0 Å². The van der Waals surface area contributed by atoms with Gasteiger partial charge in [-0.05, 0) is 23.9 Å². The highest BCUT2D eigenvalue weighted by Crippen LogP contribution is 2.42. The molecule has 0 aromatic heterocycles. The van der Waals surface area contributed by atoms with Gasteiger partial charge in [0.1, 0.15) is 0 Å². The smallest absolute Gasteiger partial charge is 0.338 e. The average molecular weight is 214 g/mol. The Balaban J connectivity index is 1.87. The highest BCUT2D eigenvalue weighted by Gasteiger charge is 2.44. The van der Waals surface area contributed by atoms with E-state index in [9.17, 15) is 0 Å². The Bertz CT molecular complexity index is 184. The normalized spacial score (nSPS) is 23.6. The molecule has 2 saturated carbocycles. The summed E-state index contributed by atoms with van der Waals surface area (Å²) >= 11 is 0. The Morgan fingerprint density at radius 2 is 1.43 bits per heavy atom. The van der Waals surface area contributed by atoms with Gasteiger partial charge in [-0.25, -0.2) is 0 Å². The molecule has 0 heterocycles. The summed E-state index contributed by atoms with van der Waals surface area (Å²) in [4.78, 5) is 0. The van der Waals surface area contributed by atoms with E-state index in [0.717, 1.165) is 11.8 Å². The minimum absolute atomic E-state index is 0.917. The van der Waals surface area contributed by atoms with Gasteiger partial charge in [-0.3, -0.25) is 0 Å². The Labute approximate surface area is 88.2 Å². The van der Waals surface area contributed by atoms with Crippen molar-refractivity contribution in [2.45, 2.75) is 44.2 Å². The van der Waals surface area contributed by atoms with Gasteiger partial charge in [-0.2, -0.15) is 0 Å². The number of hydrogen-bond acceptors (Lipinski definition) is 2. The number of rotatable bonds is 6. The summed E-state index contributed by atoms with van der Waals surface area (Å²) in [7, 11) is 1.94. The summed E-state index contributed by atoms with van der Waals surface area (Å²) in [6, 6.07) is 2.49. The average Bonchev–Trinajstić information content (AvgIpc) is 2.93. The molecule has 0 spiro atoms. The van der Waals surface area contributed by atoms with Crippen LogP contribution in [0.2, 0.25) is 12.1 Å². The zero-order chi connectivity index (χ0) is 10.0. The molecule has 2 nitrogen and oxygen atoms in total. The van der Waals surface area contributed by atoms with Crippen molar-refractivity contribution in [1.29, 1.82) is 0 Å². The first-order valence-corrected chi connectivity index (χ1v) is 8.11. The fourth-order valence-corrected chi connectivity index (χ4v) is 5.97. The minimum atomic E-state index is -1.78. The molecular formula is C11H22O2Si. The van der Waals surface area contributed by atoms with Crippen molar-refractivity contribution in [2.75, 3.05) is 14.2 Å². The standard InChI is InChI=1S/C11H22O2Si/c1-12-14(13-2,9-11-6-7-11)8-10-4-3-5-10/h10-11H,3-9H2,1-2H3. The van der Waals surface area contributed by atoms with Crippen LogP contribution in [0.3, 0.4) is 0 Å². The molecule has 82 valence electrons. The fourth-order valence-electron chi connectivity index (χ4n) is 2.40. The van der Waals surface area contributed by atoms with E-state index in [2.05, 4.69) is 0 Å². The molecule has 0 aromatic carbocycles. The molecule has 0 aromatic rings. The third kappa shape index (κ3) is 2.38. The summed E-state index contributed by atoms with van der Waals surface area (Å²) in [6.45, 7) is 0. The molecule has 2 rings (SSSR count). The van der Waals surface area contributed by atoms with E-state index in [1.165, 1.54) is 44.2 Å². The summed E-state index contributed by atoms with van der Waals surface area (Å²) in [6.07, 6.45) is 7.06. The molecular weight excluding hydrogens is 192 g/mol. The monoisotopic (exact) mass is 214 g/mol. The Kier molecular flexibility index (Phi) is 3.29. The van der Waals surface area contributed by atoms with Crippen molar-refractivity contribution in [2.24, 2.45) is 11.8 Å².